The van der Waals surface area contributed by atoms with Gasteiger partial charge in [-0.25, -0.2) is 9.18 Å². The van der Waals surface area contributed by atoms with Gasteiger partial charge in [0.15, 0.2) is 0 Å². The molecule has 2 aromatic carbocycles. The zero-order valence-electron chi connectivity index (χ0n) is 22.5. The van der Waals surface area contributed by atoms with E-state index in [4.69, 9.17) is 8.85 Å². The van der Waals surface area contributed by atoms with Gasteiger partial charge in [0.2, 0.25) is 0 Å². The number of benzene rings is 2. The van der Waals surface area contributed by atoms with Gasteiger partial charge in [-0.1, -0.05) is 12.1 Å². The zero-order valence-corrected chi connectivity index (χ0v) is 20.3. The summed E-state index contributed by atoms with van der Waals surface area (Å²) in [5.74, 6) is -0.496. The number of rotatable bonds is 3. The molecule has 1 saturated heterocycles. The van der Waals surface area contributed by atoms with Gasteiger partial charge >= 0.3 is 11.9 Å². The number of aromatic nitrogens is 2. The second kappa shape index (κ2) is 9.35. The molecule has 1 N–H and O–H groups in total. The predicted octanol–water partition coefficient (Wildman–Crippen LogP) is 4.53. The van der Waals surface area contributed by atoms with Crippen molar-refractivity contribution in [3.8, 4) is 11.1 Å². The van der Waals surface area contributed by atoms with Crippen molar-refractivity contribution in [2.24, 2.45) is 0 Å². The molecule has 0 saturated carbocycles. The number of alkyl halides is 3. The lowest BCUT2D eigenvalue weighted by atomic mass is 9.96. The summed E-state index contributed by atoms with van der Waals surface area (Å²) < 4.78 is 86.7. The molecule has 5 rings (SSSR count). The molecular weight excluding hydrogens is 496 g/mol. The quantitative estimate of drug-likeness (QED) is 0.508. The van der Waals surface area contributed by atoms with Gasteiger partial charge < -0.3 is 15.0 Å². The van der Waals surface area contributed by atoms with Crippen LogP contribution in [0.2, 0.25) is 0 Å². The molecule has 3 heterocycles. The van der Waals surface area contributed by atoms with Crippen LogP contribution in [0, 0.1) is 5.82 Å². The van der Waals surface area contributed by atoms with Gasteiger partial charge in [0.05, 0.1) is 27.8 Å². The summed E-state index contributed by atoms with van der Waals surface area (Å²) in [5, 5.41) is 3.49. The fourth-order valence-electron chi connectivity index (χ4n) is 5.07. The topological polar surface area (TPSA) is 59.4 Å². The number of ether oxygens (including phenoxy) is 1. The van der Waals surface area contributed by atoms with E-state index in [1.807, 2.05) is 13.8 Å². The highest BCUT2D eigenvalue weighted by Crippen LogP contribution is 2.48. The maximum absolute atomic E-state index is 14.7. The summed E-state index contributed by atoms with van der Waals surface area (Å²) in [6, 6.07) is 5.65. The summed E-state index contributed by atoms with van der Waals surface area (Å²) in [7, 11) is -2.78. The second-order valence-corrected chi connectivity index (χ2v) is 10.3. The second-order valence-electron chi connectivity index (χ2n) is 9.28. The van der Waals surface area contributed by atoms with Crippen LogP contribution >= 0.6 is 11.8 Å². The van der Waals surface area contributed by atoms with Crippen LogP contribution in [-0.2, 0) is 17.5 Å². The highest BCUT2D eigenvalue weighted by Gasteiger charge is 2.38. The molecule has 11 heteroatoms. The molecule has 0 unspecified atom stereocenters. The van der Waals surface area contributed by atoms with E-state index in [0.29, 0.717) is 13.1 Å². The Morgan fingerprint density at radius 2 is 1.86 bits per heavy atom. The van der Waals surface area contributed by atoms with Crippen LogP contribution in [0.3, 0.4) is 0 Å². The molecule has 1 aromatic heterocycles. The number of nitrogens with zero attached hydrogens (tertiary/aromatic N) is 3. The molecule has 192 valence electrons. The van der Waals surface area contributed by atoms with Gasteiger partial charge in [0, 0.05) is 53.8 Å². The van der Waals surface area contributed by atoms with Gasteiger partial charge in [-0.3, -0.25) is 4.57 Å². The Labute approximate surface area is 213 Å². The Bertz CT molecular complexity index is 1450. The smallest absolute Gasteiger partial charge is 0.379 e. The van der Waals surface area contributed by atoms with Crippen LogP contribution in [-0.4, -0.2) is 53.6 Å². The van der Waals surface area contributed by atoms with Crippen LogP contribution in [0.4, 0.5) is 23.4 Å². The van der Waals surface area contributed by atoms with Crippen LogP contribution in [0.25, 0.3) is 22.0 Å². The Kier molecular flexibility index (Phi) is 5.57. The Hall–Kier alpha value is -2.63. The molecule has 6 nitrogen and oxygen atoms in total. The van der Waals surface area contributed by atoms with Crippen LogP contribution in [0.15, 0.2) is 40.0 Å². The predicted molar refractivity (Wildman–Crippen MR) is 132 cm³/mol. The van der Waals surface area contributed by atoms with Crippen molar-refractivity contribution >= 4 is 28.5 Å². The molecule has 0 aliphatic carbocycles. The van der Waals surface area contributed by atoms with Crippen molar-refractivity contribution in [3.63, 3.8) is 0 Å². The van der Waals surface area contributed by atoms with Gasteiger partial charge in [0.25, 0.3) is 0 Å². The van der Waals surface area contributed by atoms with Crippen LogP contribution in [0.5, 0.6) is 0 Å². The van der Waals surface area contributed by atoms with Crippen molar-refractivity contribution in [2.75, 3.05) is 30.8 Å². The average Bonchev–Trinajstić information content (AvgIpc) is 3.00. The minimum absolute atomic E-state index is 0.00444. The van der Waals surface area contributed by atoms with Crippen molar-refractivity contribution in [1.29, 1.82) is 0 Å². The summed E-state index contributed by atoms with van der Waals surface area (Å²) >= 11 is 0.985. The summed E-state index contributed by atoms with van der Waals surface area (Å²) in [5.41, 5.74) is -1.54. The van der Waals surface area contributed by atoms with Crippen LogP contribution < -0.4 is 15.9 Å². The first-order valence-electron chi connectivity index (χ1n) is 13.0. The van der Waals surface area contributed by atoms with Crippen molar-refractivity contribution < 1.29 is 26.4 Å². The average molecular weight is 526 g/mol. The number of piperazine rings is 1. The van der Waals surface area contributed by atoms with E-state index >= 15 is 0 Å². The molecule has 2 aliphatic rings. The lowest BCUT2D eigenvalue weighted by Crippen LogP contribution is -2.55. The Balaban J connectivity index is 1.85. The van der Waals surface area contributed by atoms with Gasteiger partial charge in [0.1, 0.15) is 11.6 Å². The molecule has 1 fully saturated rings. The molecule has 0 bridgehead atoms. The number of anilines is 1. The van der Waals surface area contributed by atoms with E-state index in [9.17, 15) is 22.4 Å². The largest absolute Gasteiger partial charge is 0.417 e. The lowest BCUT2D eigenvalue weighted by Gasteiger charge is -2.37. The molecule has 0 radical (unpaired) electrons. The lowest BCUT2D eigenvalue weighted by molar-refractivity contribution is -0.137. The number of methoxy groups -OCH3 is 1. The normalized spacial score (nSPS) is 24.2. The van der Waals surface area contributed by atoms with Crippen molar-refractivity contribution in [2.45, 2.75) is 49.7 Å². The molecular formula is C25H26F4N4O2S. The third kappa shape index (κ3) is 4.48. The van der Waals surface area contributed by atoms with Crippen molar-refractivity contribution in [3.05, 3.63) is 52.2 Å². The number of hydrogen-bond donors (Lipinski definition) is 1. The van der Waals surface area contributed by atoms with E-state index in [2.05, 4.69) is 10.3 Å². The highest BCUT2D eigenvalue weighted by atomic mass is 32.2. The SMILES string of the molecule is [2H]C([2H])([2H])O[C@@H]1CSc2c(-c3ccc(F)cc3)c(C(F)(F)F)cc3c(N4C[C@@H](C)N[C@@H](C)C4)nc(=O)n(c23)C1. The van der Waals surface area contributed by atoms with Gasteiger partial charge in [-0.2, -0.15) is 18.2 Å². The fraction of sp³-hybridized carbons (Fsp3) is 0.440. The van der Waals surface area contributed by atoms with E-state index < -0.39 is 36.4 Å². The van der Waals surface area contributed by atoms with Crippen LogP contribution in [0.1, 0.15) is 23.5 Å². The summed E-state index contributed by atoms with van der Waals surface area (Å²) in [4.78, 5) is 19.6. The molecule has 36 heavy (non-hydrogen) atoms. The maximum Gasteiger partial charge on any atom is 0.417 e. The number of hydrogen-bond acceptors (Lipinski definition) is 6. The van der Waals surface area contributed by atoms with E-state index in [-0.39, 0.29) is 57.1 Å². The Morgan fingerprint density at radius 3 is 2.50 bits per heavy atom. The minimum atomic E-state index is -4.79. The third-order valence-electron chi connectivity index (χ3n) is 6.46. The number of thioether (sulfide) groups is 1. The van der Waals surface area contributed by atoms with Gasteiger partial charge in [-0.15, -0.1) is 11.8 Å². The summed E-state index contributed by atoms with van der Waals surface area (Å²) in [6.07, 6.45) is -5.80. The summed E-state index contributed by atoms with van der Waals surface area (Å²) in [6.45, 7) is 4.51. The third-order valence-corrected chi connectivity index (χ3v) is 7.68. The van der Waals surface area contributed by atoms with Gasteiger partial charge in [-0.05, 0) is 37.6 Å². The zero-order chi connectivity index (χ0) is 28.3. The minimum Gasteiger partial charge on any atom is -0.379 e. The highest BCUT2D eigenvalue weighted by molar-refractivity contribution is 7.99. The van der Waals surface area contributed by atoms with E-state index in [1.54, 1.807) is 4.90 Å². The number of halogens is 4. The standard InChI is InChI=1S/C25H26F4N4O2S/c1-13-9-32(10-14(2)30-13)23-18-8-19(25(27,28)29)20(15-4-6-16(26)7-5-15)22-21(18)33(24(34)31-23)11-17(35-3)12-36-22/h4-8,13-14,17,30H,9-12H2,1-3H3/t13-,14+,17-/m0/s1/i3D3. The maximum atomic E-state index is 14.7. The Morgan fingerprint density at radius 1 is 1.17 bits per heavy atom. The fourth-order valence-corrected chi connectivity index (χ4v) is 6.33. The first-order chi connectivity index (χ1) is 18.2. The molecule has 0 amide bonds. The monoisotopic (exact) mass is 525 g/mol. The molecule has 2 aliphatic heterocycles. The van der Waals surface area contributed by atoms with E-state index in [1.165, 1.54) is 16.7 Å². The van der Waals surface area contributed by atoms with E-state index in [0.717, 1.165) is 30.0 Å². The van der Waals surface area contributed by atoms with Crippen molar-refractivity contribution in [1.82, 2.24) is 14.9 Å². The molecule has 3 aromatic rings. The molecule has 3 atom stereocenters. The number of nitrogens with one attached hydrogen (secondary N) is 1. The first kappa shape index (κ1) is 21.5. The molecule has 0 spiro atoms. The first-order valence-corrected chi connectivity index (χ1v) is 12.5.